The van der Waals surface area contributed by atoms with Crippen molar-refractivity contribution in [1.29, 1.82) is 0 Å². The molecule has 0 aliphatic carbocycles. The summed E-state index contributed by atoms with van der Waals surface area (Å²) in [4.78, 5) is 27.2. The second-order valence-corrected chi connectivity index (χ2v) is 6.04. The van der Waals surface area contributed by atoms with Crippen LogP contribution in [0.5, 0.6) is 0 Å². The zero-order chi connectivity index (χ0) is 17.6. The maximum absolute atomic E-state index is 12.1. The third-order valence-electron chi connectivity index (χ3n) is 3.61. The van der Waals surface area contributed by atoms with Crippen molar-refractivity contribution in [2.45, 2.75) is 39.0 Å². The second-order valence-electron chi connectivity index (χ2n) is 6.04. The highest BCUT2D eigenvalue weighted by Gasteiger charge is 2.31. The Morgan fingerprint density at radius 1 is 1.09 bits per heavy atom. The van der Waals surface area contributed by atoms with Gasteiger partial charge in [-0.1, -0.05) is 0 Å². The molecule has 1 rings (SSSR count). The first-order chi connectivity index (χ1) is 10.6. The van der Waals surface area contributed by atoms with E-state index in [1.807, 2.05) is 29.0 Å². The van der Waals surface area contributed by atoms with E-state index in [1.54, 1.807) is 6.92 Å². The highest BCUT2D eigenvalue weighted by molar-refractivity contribution is 5.81. The second kappa shape index (κ2) is 8.49. The van der Waals surface area contributed by atoms with Gasteiger partial charge in [-0.15, -0.1) is 0 Å². The molecule has 23 heavy (non-hydrogen) atoms. The molecule has 1 saturated heterocycles. The van der Waals surface area contributed by atoms with Crippen molar-refractivity contribution < 1.29 is 22.8 Å². The van der Waals surface area contributed by atoms with Gasteiger partial charge in [-0.05, 0) is 20.8 Å². The number of amides is 2. The first-order valence-corrected chi connectivity index (χ1v) is 7.68. The van der Waals surface area contributed by atoms with Crippen molar-refractivity contribution in [3.05, 3.63) is 0 Å². The first kappa shape index (κ1) is 19.7. The zero-order valence-electron chi connectivity index (χ0n) is 13.7. The van der Waals surface area contributed by atoms with E-state index in [0.717, 1.165) is 0 Å². The number of halogens is 3. The average molecular weight is 338 g/mol. The molecule has 0 bridgehead atoms. The summed E-state index contributed by atoms with van der Waals surface area (Å²) in [6, 6.07) is -0.537. The van der Waals surface area contributed by atoms with Crippen LogP contribution in [0.4, 0.5) is 13.2 Å². The fraction of sp³-hybridized carbons (Fsp3) is 0.857. The molecule has 1 heterocycles. The van der Waals surface area contributed by atoms with Crippen LogP contribution in [0, 0.1) is 0 Å². The molecule has 1 aliphatic rings. The normalized spacial score (nSPS) is 18.7. The lowest BCUT2D eigenvalue weighted by molar-refractivity contribution is -0.141. The van der Waals surface area contributed by atoms with Crippen LogP contribution in [0.2, 0.25) is 0 Å². The van der Waals surface area contributed by atoms with Crippen molar-refractivity contribution in [3.63, 3.8) is 0 Å². The van der Waals surface area contributed by atoms with Crippen molar-refractivity contribution in [2.75, 3.05) is 39.3 Å². The lowest BCUT2D eigenvalue weighted by Crippen LogP contribution is -2.55. The van der Waals surface area contributed by atoms with Crippen LogP contribution in [0.15, 0.2) is 0 Å². The number of carbonyl (C=O) groups is 2. The van der Waals surface area contributed by atoms with Gasteiger partial charge in [-0.3, -0.25) is 19.4 Å². The number of nitrogens with one attached hydrogen (secondary N) is 2. The molecule has 1 aliphatic heterocycles. The molecular weight excluding hydrogens is 313 g/mol. The maximum atomic E-state index is 12.1. The van der Waals surface area contributed by atoms with E-state index < -0.39 is 24.7 Å². The van der Waals surface area contributed by atoms with E-state index >= 15 is 0 Å². The Kier molecular flexibility index (Phi) is 7.27. The number of nitrogens with zero attached hydrogens (tertiary/aromatic N) is 2. The third-order valence-corrected chi connectivity index (χ3v) is 3.61. The molecule has 0 aromatic carbocycles. The third kappa shape index (κ3) is 7.65. The molecule has 1 fully saturated rings. The van der Waals surface area contributed by atoms with Gasteiger partial charge in [-0.2, -0.15) is 13.2 Å². The minimum Gasteiger partial charge on any atom is -0.353 e. The number of hydrogen-bond acceptors (Lipinski definition) is 4. The molecule has 1 atom stereocenters. The monoisotopic (exact) mass is 338 g/mol. The summed E-state index contributed by atoms with van der Waals surface area (Å²) in [5.74, 6) is -0.683. The Morgan fingerprint density at radius 2 is 1.65 bits per heavy atom. The van der Waals surface area contributed by atoms with Crippen LogP contribution in [0.3, 0.4) is 0 Å². The van der Waals surface area contributed by atoms with Crippen LogP contribution in [-0.2, 0) is 9.59 Å². The fourth-order valence-corrected chi connectivity index (χ4v) is 2.38. The molecule has 9 heteroatoms. The lowest BCUT2D eigenvalue weighted by atomic mass is 10.2. The topological polar surface area (TPSA) is 64.7 Å². The van der Waals surface area contributed by atoms with Crippen molar-refractivity contribution in [3.8, 4) is 0 Å². The largest absolute Gasteiger partial charge is 0.405 e. The van der Waals surface area contributed by atoms with E-state index in [4.69, 9.17) is 0 Å². The van der Waals surface area contributed by atoms with E-state index in [0.29, 0.717) is 32.7 Å². The van der Waals surface area contributed by atoms with E-state index in [9.17, 15) is 22.8 Å². The molecule has 1 unspecified atom stereocenters. The van der Waals surface area contributed by atoms with Gasteiger partial charge in [0.25, 0.3) is 0 Å². The quantitative estimate of drug-likeness (QED) is 0.726. The summed E-state index contributed by atoms with van der Waals surface area (Å²) in [6.45, 7) is 6.61. The standard InChI is InChI=1S/C14H25F3N4O2/c1-10(2)19-12(22)8-20-4-6-21(7-5-20)11(3)13(23)18-9-14(15,16)17/h10-11H,4-9H2,1-3H3,(H,18,23)(H,19,22). The van der Waals surface area contributed by atoms with Crippen LogP contribution in [0.25, 0.3) is 0 Å². The SMILES string of the molecule is CC(C)NC(=O)CN1CCN(C(C)C(=O)NCC(F)(F)F)CC1. The Bertz CT molecular complexity index is 407. The Hall–Kier alpha value is -1.35. The van der Waals surface area contributed by atoms with Gasteiger partial charge < -0.3 is 10.6 Å². The van der Waals surface area contributed by atoms with Crippen molar-refractivity contribution >= 4 is 11.8 Å². The molecule has 134 valence electrons. The summed E-state index contributed by atoms with van der Waals surface area (Å²) in [6.07, 6.45) is -4.40. The lowest BCUT2D eigenvalue weighted by Gasteiger charge is -2.37. The summed E-state index contributed by atoms with van der Waals surface area (Å²) >= 11 is 0. The summed E-state index contributed by atoms with van der Waals surface area (Å²) in [7, 11) is 0. The van der Waals surface area contributed by atoms with E-state index in [-0.39, 0.29) is 11.9 Å². The zero-order valence-corrected chi connectivity index (χ0v) is 13.7. The average Bonchev–Trinajstić information content (AvgIpc) is 2.43. The number of rotatable bonds is 6. The van der Waals surface area contributed by atoms with Gasteiger partial charge in [0, 0.05) is 32.2 Å². The molecule has 0 radical (unpaired) electrons. The van der Waals surface area contributed by atoms with Crippen LogP contribution in [0.1, 0.15) is 20.8 Å². The molecule has 6 nitrogen and oxygen atoms in total. The molecule has 0 saturated carbocycles. The van der Waals surface area contributed by atoms with Gasteiger partial charge in [0.05, 0.1) is 12.6 Å². The molecule has 2 N–H and O–H groups in total. The van der Waals surface area contributed by atoms with Crippen LogP contribution >= 0.6 is 0 Å². The summed E-state index contributed by atoms with van der Waals surface area (Å²) < 4.78 is 36.3. The highest BCUT2D eigenvalue weighted by Crippen LogP contribution is 2.13. The number of carbonyl (C=O) groups excluding carboxylic acids is 2. The van der Waals surface area contributed by atoms with Gasteiger partial charge in [0.1, 0.15) is 6.54 Å². The molecule has 0 spiro atoms. The van der Waals surface area contributed by atoms with E-state index in [1.165, 1.54) is 0 Å². The summed E-state index contributed by atoms with van der Waals surface area (Å²) in [5.41, 5.74) is 0. The fourth-order valence-electron chi connectivity index (χ4n) is 2.38. The Balaban J connectivity index is 2.34. The Labute approximate surface area is 134 Å². The van der Waals surface area contributed by atoms with E-state index in [2.05, 4.69) is 5.32 Å². The minimum absolute atomic E-state index is 0.0515. The Morgan fingerprint density at radius 3 is 2.13 bits per heavy atom. The van der Waals surface area contributed by atoms with Gasteiger partial charge in [-0.25, -0.2) is 0 Å². The van der Waals surface area contributed by atoms with Crippen molar-refractivity contribution in [2.24, 2.45) is 0 Å². The predicted molar refractivity (Wildman–Crippen MR) is 79.8 cm³/mol. The van der Waals surface area contributed by atoms with Gasteiger partial charge in [0.2, 0.25) is 11.8 Å². The van der Waals surface area contributed by atoms with Gasteiger partial charge >= 0.3 is 6.18 Å². The molecule has 0 aromatic heterocycles. The predicted octanol–water partition coefficient (Wildman–Crippen LogP) is 0.196. The van der Waals surface area contributed by atoms with Gasteiger partial charge in [0.15, 0.2) is 0 Å². The number of piperazine rings is 1. The maximum Gasteiger partial charge on any atom is 0.405 e. The smallest absolute Gasteiger partial charge is 0.353 e. The minimum atomic E-state index is -4.40. The van der Waals surface area contributed by atoms with Crippen LogP contribution < -0.4 is 10.6 Å². The number of hydrogen-bond donors (Lipinski definition) is 2. The van der Waals surface area contributed by atoms with Crippen molar-refractivity contribution in [1.82, 2.24) is 20.4 Å². The summed E-state index contributed by atoms with van der Waals surface area (Å²) in [5, 5.41) is 4.71. The molecule has 2 amide bonds. The number of alkyl halides is 3. The first-order valence-electron chi connectivity index (χ1n) is 7.68. The molecule has 0 aromatic rings. The molecular formula is C14H25F3N4O2. The highest BCUT2D eigenvalue weighted by atomic mass is 19.4. The van der Waals surface area contributed by atoms with Crippen LogP contribution in [-0.4, -0.2) is 79.1 Å².